The molecule has 5 heteroatoms. The average molecular weight is 256 g/mol. The second-order valence-corrected chi connectivity index (χ2v) is 5.42. The molecule has 1 unspecified atom stereocenters. The van der Waals surface area contributed by atoms with Gasteiger partial charge in [-0.25, -0.2) is 4.79 Å². The first-order valence-electron chi connectivity index (χ1n) is 6.73. The summed E-state index contributed by atoms with van der Waals surface area (Å²) in [5.74, 6) is -0.873. The zero-order chi connectivity index (χ0) is 13.5. The van der Waals surface area contributed by atoms with Gasteiger partial charge in [0.15, 0.2) is 0 Å². The molecule has 1 fully saturated rings. The highest BCUT2D eigenvalue weighted by Crippen LogP contribution is 2.08. The van der Waals surface area contributed by atoms with E-state index in [1.54, 1.807) is 0 Å². The first-order chi connectivity index (χ1) is 8.49. The fraction of sp³-hybridized carbons (Fsp3) is 0.846. The quantitative estimate of drug-likeness (QED) is 0.746. The normalized spacial score (nSPS) is 18.6. The van der Waals surface area contributed by atoms with Crippen molar-refractivity contribution in [1.82, 2.24) is 10.2 Å². The maximum atomic E-state index is 11.8. The van der Waals surface area contributed by atoms with Gasteiger partial charge in [-0.05, 0) is 38.3 Å². The van der Waals surface area contributed by atoms with E-state index in [0.29, 0.717) is 13.0 Å². The number of hydrogen-bond acceptors (Lipinski definition) is 3. The Morgan fingerprint density at radius 1 is 1.22 bits per heavy atom. The standard InChI is InChI=1S/C13H24N2O3/c1-10(2)8-11(13(17)18)14-12(16)9-15-6-4-3-5-7-15/h10-11H,3-9H2,1-2H3,(H,14,16)(H,17,18). The van der Waals surface area contributed by atoms with Crippen LogP contribution in [0.2, 0.25) is 0 Å². The molecule has 1 aliphatic heterocycles. The predicted molar refractivity (Wildman–Crippen MR) is 69.3 cm³/mol. The molecule has 5 nitrogen and oxygen atoms in total. The molecular weight excluding hydrogens is 232 g/mol. The lowest BCUT2D eigenvalue weighted by molar-refractivity contribution is -0.142. The second kappa shape index (κ2) is 7.36. The molecule has 1 amide bonds. The van der Waals surface area contributed by atoms with Gasteiger partial charge in [-0.3, -0.25) is 9.69 Å². The van der Waals surface area contributed by atoms with E-state index in [0.717, 1.165) is 25.9 Å². The molecule has 0 saturated carbocycles. The molecular formula is C13H24N2O3. The van der Waals surface area contributed by atoms with E-state index in [4.69, 9.17) is 5.11 Å². The zero-order valence-electron chi connectivity index (χ0n) is 11.3. The first kappa shape index (κ1) is 15.0. The summed E-state index contributed by atoms with van der Waals surface area (Å²) < 4.78 is 0. The maximum absolute atomic E-state index is 11.8. The van der Waals surface area contributed by atoms with E-state index in [1.807, 2.05) is 13.8 Å². The fourth-order valence-corrected chi connectivity index (χ4v) is 2.25. The minimum Gasteiger partial charge on any atom is -0.480 e. The summed E-state index contributed by atoms with van der Waals surface area (Å²) >= 11 is 0. The third-order valence-electron chi connectivity index (χ3n) is 3.16. The Bertz CT molecular complexity index is 286. The zero-order valence-corrected chi connectivity index (χ0v) is 11.3. The van der Waals surface area contributed by atoms with Gasteiger partial charge in [0.1, 0.15) is 6.04 Å². The molecule has 104 valence electrons. The van der Waals surface area contributed by atoms with Crippen LogP contribution in [-0.2, 0) is 9.59 Å². The van der Waals surface area contributed by atoms with Gasteiger partial charge in [0, 0.05) is 0 Å². The molecule has 1 rings (SSSR count). The van der Waals surface area contributed by atoms with Crippen LogP contribution in [0.3, 0.4) is 0 Å². The van der Waals surface area contributed by atoms with Gasteiger partial charge in [0.25, 0.3) is 0 Å². The summed E-state index contributed by atoms with van der Waals surface area (Å²) in [4.78, 5) is 24.9. The Hall–Kier alpha value is -1.10. The number of amides is 1. The molecule has 0 aromatic carbocycles. The van der Waals surface area contributed by atoms with E-state index in [1.165, 1.54) is 6.42 Å². The SMILES string of the molecule is CC(C)CC(NC(=O)CN1CCCCC1)C(=O)O. The van der Waals surface area contributed by atoms with E-state index in [-0.39, 0.29) is 11.8 Å². The van der Waals surface area contributed by atoms with Crippen molar-refractivity contribution in [1.29, 1.82) is 0 Å². The molecule has 1 saturated heterocycles. The Balaban J connectivity index is 2.37. The number of piperidine rings is 1. The first-order valence-corrected chi connectivity index (χ1v) is 6.73. The van der Waals surface area contributed by atoms with Crippen LogP contribution < -0.4 is 5.32 Å². The number of rotatable bonds is 6. The molecule has 1 aliphatic rings. The summed E-state index contributed by atoms with van der Waals surface area (Å²) in [6, 6.07) is -0.762. The predicted octanol–water partition coefficient (Wildman–Crippen LogP) is 1.09. The highest BCUT2D eigenvalue weighted by atomic mass is 16.4. The molecule has 0 aromatic rings. The average Bonchev–Trinajstić information content (AvgIpc) is 2.28. The van der Waals surface area contributed by atoms with Crippen molar-refractivity contribution in [2.24, 2.45) is 5.92 Å². The Labute approximate surface area is 109 Å². The summed E-state index contributed by atoms with van der Waals surface area (Å²) in [5, 5.41) is 11.7. The molecule has 0 radical (unpaired) electrons. The number of carboxylic acids is 1. The van der Waals surface area contributed by atoms with Crippen LogP contribution >= 0.6 is 0 Å². The van der Waals surface area contributed by atoms with Crippen molar-refractivity contribution in [3.63, 3.8) is 0 Å². The van der Waals surface area contributed by atoms with Crippen molar-refractivity contribution < 1.29 is 14.7 Å². The largest absolute Gasteiger partial charge is 0.480 e. The van der Waals surface area contributed by atoms with E-state index in [2.05, 4.69) is 10.2 Å². The fourth-order valence-electron chi connectivity index (χ4n) is 2.25. The summed E-state index contributed by atoms with van der Waals surface area (Å²) in [7, 11) is 0. The molecule has 0 bridgehead atoms. The molecule has 0 spiro atoms. The van der Waals surface area contributed by atoms with E-state index >= 15 is 0 Å². The third-order valence-corrected chi connectivity index (χ3v) is 3.16. The number of carboxylic acid groups (broad SMARTS) is 1. The van der Waals surface area contributed by atoms with Gasteiger partial charge in [-0.2, -0.15) is 0 Å². The Morgan fingerprint density at radius 2 is 1.83 bits per heavy atom. The van der Waals surface area contributed by atoms with Crippen LogP contribution in [0, 0.1) is 5.92 Å². The van der Waals surface area contributed by atoms with E-state index < -0.39 is 12.0 Å². The number of hydrogen-bond donors (Lipinski definition) is 2. The molecule has 2 N–H and O–H groups in total. The number of carbonyl (C=O) groups is 2. The highest BCUT2D eigenvalue weighted by Gasteiger charge is 2.22. The molecule has 0 aliphatic carbocycles. The van der Waals surface area contributed by atoms with Gasteiger partial charge < -0.3 is 10.4 Å². The number of nitrogens with zero attached hydrogens (tertiary/aromatic N) is 1. The van der Waals surface area contributed by atoms with Crippen molar-refractivity contribution in [3.8, 4) is 0 Å². The van der Waals surface area contributed by atoms with Gasteiger partial charge in [0.05, 0.1) is 6.54 Å². The third kappa shape index (κ3) is 5.49. The van der Waals surface area contributed by atoms with Crippen molar-refractivity contribution in [2.45, 2.75) is 45.6 Å². The van der Waals surface area contributed by atoms with Crippen LogP contribution in [0.1, 0.15) is 39.5 Å². The summed E-state index contributed by atoms with van der Waals surface area (Å²) in [5.41, 5.74) is 0. The lowest BCUT2D eigenvalue weighted by Gasteiger charge is -2.26. The Kier molecular flexibility index (Phi) is 6.12. The van der Waals surface area contributed by atoms with Crippen LogP contribution in [0.5, 0.6) is 0 Å². The Morgan fingerprint density at radius 3 is 2.33 bits per heavy atom. The molecule has 18 heavy (non-hydrogen) atoms. The smallest absolute Gasteiger partial charge is 0.326 e. The van der Waals surface area contributed by atoms with Gasteiger partial charge in [-0.15, -0.1) is 0 Å². The van der Waals surface area contributed by atoms with Gasteiger partial charge >= 0.3 is 5.97 Å². The number of aliphatic carboxylic acids is 1. The van der Waals surface area contributed by atoms with Gasteiger partial charge in [0.2, 0.25) is 5.91 Å². The van der Waals surface area contributed by atoms with Crippen molar-refractivity contribution in [2.75, 3.05) is 19.6 Å². The maximum Gasteiger partial charge on any atom is 0.326 e. The summed E-state index contributed by atoms with van der Waals surface area (Å²) in [6.07, 6.45) is 3.95. The van der Waals surface area contributed by atoms with Crippen LogP contribution in [0.15, 0.2) is 0 Å². The minimum atomic E-state index is -0.948. The topological polar surface area (TPSA) is 69.6 Å². The van der Waals surface area contributed by atoms with Crippen LogP contribution in [0.25, 0.3) is 0 Å². The van der Waals surface area contributed by atoms with Crippen molar-refractivity contribution in [3.05, 3.63) is 0 Å². The van der Waals surface area contributed by atoms with Crippen LogP contribution in [0.4, 0.5) is 0 Å². The van der Waals surface area contributed by atoms with E-state index in [9.17, 15) is 9.59 Å². The van der Waals surface area contributed by atoms with Crippen LogP contribution in [-0.4, -0.2) is 47.6 Å². The molecule has 1 atom stereocenters. The number of nitrogens with one attached hydrogen (secondary N) is 1. The van der Waals surface area contributed by atoms with Gasteiger partial charge in [-0.1, -0.05) is 20.3 Å². The highest BCUT2D eigenvalue weighted by molar-refractivity contribution is 5.84. The van der Waals surface area contributed by atoms with Crippen molar-refractivity contribution >= 4 is 11.9 Å². The molecule has 0 aromatic heterocycles. The lowest BCUT2D eigenvalue weighted by atomic mass is 10.0. The minimum absolute atomic E-state index is 0.176. The molecule has 1 heterocycles. The lowest BCUT2D eigenvalue weighted by Crippen LogP contribution is -2.47. The number of carbonyl (C=O) groups excluding carboxylic acids is 1. The monoisotopic (exact) mass is 256 g/mol. The second-order valence-electron chi connectivity index (χ2n) is 5.42. The summed E-state index contributed by atoms with van der Waals surface area (Å²) in [6.45, 7) is 6.10. The number of likely N-dealkylation sites (tertiary alicyclic amines) is 1.